The smallest absolute Gasteiger partial charge is 0.238 e. The third kappa shape index (κ3) is 5.89. The molecule has 2 saturated heterocycles. The van der Waals surface area contributed by atoms with Crippen LogP contribution < -0.4 is 10.6 Å². The molecule has 6 nitrogen and oxygen atoms in total. The minimum Gasteiger partial charge on any atom is -0.376 e. The number of para-hydroxylation sites is 1. The highest BCUT2D eigenvalue weighted by Gasteiger charge is 2.22. The number of hydrogen-bond donors (Lipinski definition) is 2. The zero-order chi connectivity index (χ0) is 19.1. The van der Waals surface area contributed by atoms with Crippen LogP contribution in [0, 0.1) is 0 Å². The average Bonchev–Trinajstić information content (AvgIpc) is 3.20. The number of benzene rings is 1. The van der Waals surface area contributed by atoms with E-state index in [1.165, 1.54) is 5.56 Å². The molecule has 0 radical (unpaired) electrons. The van der Waals surface area contributed by atoms with E-state index in [-0.39, 0.29) is 5.91 Å². The maximum absolute atomic E-state index is 12.4. The van der Waals surface area contributed by atoms with Crippen LogP contribution in [0.15, 0.2) is 24.3 Å². The van der Waals surface area contributed by atoms with E-state index in [9.17, 15) is 4.79 Å². The Hall–Kier alpha value is -1.70. The van der Waals surface area contributed by atoms with E-state index in [4.69, 9.17) is 17.0 Å². The Kier molecular flexibility index (Phi) is 7.43. The van der Waals surface area contributed by atoms with Crippen LogP contribution in [-0.4, -0.2) is 72.8 Å². The number of anilines is 1. The van der Waals surface area contributed by atoms with E-state index in [2.05, 4.69) is 33.4 Å². The van der Waals surface area contributed by atoms with E-state index >= 15 is 0 Å². The lowest BCUT2D eigenvalue weighted by Gasteiger charge is -2.36. The summed E-state index contributed by atoms with van der Waals surface area (Å²) in [6.07, 6.45) is 3.45. The Balaban J connectivity index is 1.38. The molecule has 0 bridgehead atoms. The van der Waals surface area contributed by atoms with Gasteiger partial charge in [-0.3, -0.25) is 9.69 Å². The third-order valence-corrected chi connectivity index (χ3v) is 5.61. The van der Waals surface area contributed by atoms with Crippen LogP contribution in [0.1, 0.15) is 25.3 Å². The molecule has 0 spiro atoms. The standard InChI is InChI=1S/C20H30N4O2S/c1-2-16-6-3-4-8-18(16)22-19(25)15-23-9-11-24(12-10-23)20(27)21-14-17-7-5-13-26-17/h3-4,6,8,17H,2,5,7,9-15H2,1H3,(H,21,27)(H,22,25)/t17-/m1/s1. The fraction of sp³-hybridized carbons (Fsp3) is 0.600. The molecule has 27 heavy (non-hydrogen) atoms. The van der Waals surface area contributed by atoms with E-state index < -0.39 is 0 Å². The highest BCUT2D eigenvalue weighted by molar-refractivity contribution is 7.80. The van der Waals surface area contributed by atoms with E-state index in [1.807, 2.05) is 18.2 Å². The minimum absolute atomic E-state index is 0.0448. The summed E-state index contributed by atoms with van der Waals surface area (Å²) in [5, 5.41) is 7.18. The Bertz CT molecular complexity index is 641. The Labute approximate surface area is 167 Å². The van der Waals surface area contributed by atoms with Crippen molar-refractivity contribution < 1.29 is 9.53 Å². The second kappa shape index (κ2) is 10.0. The van der Waals surface area contributed by atoms with Crippen LogP contribution in [0.5, 0.6) is 0 Å². The monoisotopic (exact) mass is 390 g/mol. The summed E-state index contributed by atoms with van der Waals surface area (Å²) in [5.41, 5.74) is 2.08. The first-order chi connectivity index (χ1) is 13.2. The molecule has 0 saturated carbocycles. The number of nitrogens with zero attached hydrogens (tertiary/aromatic N) is 2. The van der Waals surface area contributed by atoms with E-state index in [1.54, 1.807) is 0 Å². The first-order valence-electron chi connectivity index (χ1n) is 9.90. The molecule has 7 heteroatoms. The number of amides is 1. The number of rotatable bonds is 6. The molecule has 1 amide bonds. The molecule has 1 aromatic carbocycles. The first-order valence-corrected chi connectivity index (χ1v) is 10.3. The van der Waals surface area contributed by atoms with E-state index in [0.717, 1.165) is 69.4 Å². The predicted molar refractivity (Wildman–Crippen MR) is 112 cm³/mol. The predicted octanol–water partition coefficient (Wildman–Crippen LogP) is 1.86. The van der Waals surface area contributed by atoms with Crippen LogP contribution >= 0.6 is 12.2 Å². The van der Waals surface area contributed by atoms with Gasteiger partial charge in [0.05, 0.1) is 12.6 Å². The van der Waals surface area contributed by atoms with Crippen LogP contribution in [0.2, 0.25) is 0 Å². The van der Waals surface area contributed by atoms with Gasteiger partial charge in [0.1, 0.15) is 0 Å². The molecular formula is C20H30N4O2S. The first kappa shape index (κ1) is 20.0. The maximum atomic E-state index is 12.4. The zero-order valence-electron chi connectivity index (χ0n) is 16.1. The van der Waals surface area contributed by atoms with E-state index in [0.29, 0.717) is 12.6 Å². The van der Waals surface area contributed by atoms with Crippen molar-refractivity contribution >= 4 is 28.9 Å². The van der Waals surface area contributed by atoms with Crippen molar-refractivity contribution in [1.82, 2.24) is 15.1 Å². The van der Waals surface area contributed by atoms with Crippen LogP contribution in [0.4, 0.5) is 5.69 Å². The molecule has 2 fully saturated rings. The van der Waals surface area contributed by atoms with Crippen molar-refractivity contribution in [1.29, 1.82) is 0 Å². The number of thiocarbonyl (C=S) groups is 1. The zero-order valence-corrected chi connectivity index (χ0v) is 16.9. The molecule has 148 valence electrons. The van der Waals surface area contributed by atoms with Crippen molar-refractivity contribution in [3.63, 3.8) is 0 Å². The quantitative estimate of drug-likeness (QED) is 0.723. The molecule has 2 heterocycles. The van der Waals surface area contributed by atoms with Crippen LogP contribution in [0.25, 0.3) is 0 Å². The van der Waals surface area contributed by atoms with Crippen molar-refractivity contribution in [2.45, 2.75) is 32.3 Å². The summed E-state index contributed by atoms with van der Waals surface area (Å²) >= 11 is 5.51. The molecule has 2 aliphatic rings. The Morgan fingerprint density at radius 1 is 1.26 bits per heavy atom. The number of piperazine rings is 1. The lowest BCUT2D eigenvalue weighted by molar-refractivity contribution is -0.117. The summed E-state index contributed by atoms with van der Waals surface area (Å²) < 4.78 is 5.62. The summed E-state index contributed by atoms with van der Waals surface area (Å²) in [6, 6.07) is 7.98. The molecule has 3 rings (SSSR count). The number of aryl methyl sites for hydroxylation is 1. The largest absolute Gasteiger partial charge is 0.376 e. The fourth-order valence-electron chi connectivity index (χ4n) is 3.57. The molecule has 2 N–H and O–H groups in total. The molecule has 0 unspecified atom stereocenters. The SMILES string of the molecule is CCc1ccccc1NC(=O)CN1CCN(C(=S)NC[C@H]2CCCO2)CC1. The van der Waals surface area contributed by atoms with Gasteiger partial charge in [-0.2, -0.15) is 0 Å². The number of carbonyl (C=O) groups is 1. The van der Waals surface area contributed by atoms with Crippen LogP contribution in [0.3, 0.4) is 0 Å². The van der Waals surface area contributed by atoms with Gasteiger partial charge in [0.2, 0.25) is 5.91 Å². The summed E-state index contributed by atoms with van der Waals surface area (Å²) in [6.45, 7) is 7.53. The van der Waals surface area contributed by atoms with Gasteiger partial charge in [-0.25, -0.2) is 0 Å². The summed E-state index contributed by atoms with van der Waals surface area (Å²) in [5.74, 6) is 0.0448. The summed E-state index contributed by atoms with van der Waals surface area (Å²) in [4.78, 5) is 16.8. The lowest BCUT2D eigenvalue weighted by atomic mass is 10.1. The normalized spacial score (nSPS) is 20.5. The van der Waals surface area contributed by atoms with Gasteiger partial charge in [0.15, 0.2) is 5.11 Å². The topological polar surface area (TPSA) is 56.8 Å². The van der Waals surface area contributed by atoms with Gasteiger partial charge >= 0.3 is 0 Å². The second-order valence-corrected chi connectivity index (χ2v) is 7.53. The molecular weight excluding hydrogens is 360 g/mol. The highest BCUT2D eigenvalue weighted by Crippen LogP contribution is 2.15. The Morgan fingerprint density at radius 2 is 2.04 bits per heavy atom. The molecule has 1 aromatic rings. The highest BCUT2D eigenvalue weighted by atomic mass is 32.1. The van der Waals surface area contributed by atoms with Crippen molar-refractivity contribution in [3.8, 4) is 0 Å². The van der Waals surface area contributed by atoms with Crippen molar-refractivity contribution in [3.05, 3.63) is 29.8 Å². The summed E-state index contributed by atoms with van der Waals surface area (Å²) in [7, 11) is 0. The number of nitrogens with one attached hydrogen (secondary N) is 2. The average molecular weight is 391 g/mol. The van der Waals surface area contributed by atoms with Gasteiger partial charge in [0.25, 0.3) is 0 Å². The minimum atomic E-state index is 0.0448. The Morgan fingerprint density at radius 3 is 2.74 bits per heavy atom. The molecule has 0 aliphatic carbocycles. The van der Waals surface area contributed by atoms with Crippen molar-refractivity contribution in [2.24, 2.45) is 0 Å². The fourth-order valence-corrected chi connectivity index (χ4v) is 3.84. The van der Waals surface area contributed by atoms with Gasteiger partial charge in [-0.15, -0.1) is 0 Å². The maximum Gasteiger partial charge on any atom is 0.238 e. The van der Waals surface area contributed by atoms with Crippen molar-refractivity contribution in [2.75, 3.05) is 51.2 Å². The number of ether oxygens (including phenoxy) is 1. The van der Waals surface area contributed by atoms with Gasteiger partial charge in [0, 0.05) is 45.0 Å². The van der Waals surface area contributed by atoms with Gasteiger partial charge < -0.3 is 20.3 Å². The molecule has 2 aliphatic heterocycles. The molecule has 0 aromatic heterocycles. The number of carbonyl (C=O) groups excluding carboxylic acids is 1. The molecule has 1 atom stereocenters. The third-order valence-electron chi connectivity index (χ3n) is 5.20. The van der Waals surface area contributed by atoms with Crippen LogP contribution in [-0.2, 0) is 16.0 Å². The van der Waals surface area contributed by atoms with Gasteiger partial charge in [-0.1, -0.05) is 25.1 Å². The second-order valence-electron chi connectivity index (χ2n) is 7.14. The number of hydrogen-bond acceptors (Lipinski definition) is 4. The van der Waals surface area contributed by atoms with Gasteiger partial charge in [-0.05, 0) is 43.1 Å². The lowest BCUT2D eigenvalue weighted by Crippen LogP contribution is -2.53.